The first-order chi connectivity index (χ1) is 12.7. The number of piperazine rings is 1. The van der Waals surface area contributed by atoms with Crippen LogP contribution in [-0.2, 0) is 6.42 Å². The van der Waals surface area contributed by atoms with Crippen LogP contribution in [0.2, 0.25) is 0 Å². The van der Waals surface area contributed by atoms with E-state index in [0.717, 1.165) is 60.9 Å². The molecule has 1 aliphatic rings. The minimum Gasteiger partial charge on any atom is -0.496 e. The summed E-state index contributed by atoms with van der Waals surface area (Å²) in [6.07, 6.45) is 3.71. The Balaban J connectivity index is 1.44. The van der Waals surface area contributed by atoms with Gasteiger partial charge in [-0.3, -0.25) is 4.99 Å². The van der Waals surface area contributed by atoms with Crippen molar-refractivity contribution in [3.8, 4) is 5.75 Å². The van der Waals surface area contributed by atoms with E-state index in [4.69, 9.17) is 10.5 Å². The highest BCUT2D eigenvalue weighted by Crippen LogP contribution is 2.24. The third-order valence-electron chi connectivity index (χ3n) is 4.42. The minimum atomic E-state index is 0.645. The summed E-state index contributed by atoms with van der Waals surface area (Å²) in [5, 5.41) is 3.10. The number of nitrogens with two attached hydrogens (primary N) is 1. The fraction of sp³-hybridized carbons (Fsp3) is 0.444. The van der Waals surface area contributed by atoms with Gasteiger partial charge < -0.3 is 20.3 Å². The number of benzene rings is 1. The number of guanidine groups is 1. The molecule has 6 nitrogen and oxygen atoms in total. The molecule has 2 aromatic rings. The lowest BCUT2D eigenvalue weighted by Crippen LogP contribution is -2.51. The number of aromatic nitrogens is 1. The van der Waals surface area contributed by atoms with Crippen LogP contribution in [0.25, 0.3) is 0 Å². The molecule has 0 bridgehead atoms. The average Bonchev–Trinajstić information content (AvgIpc) is 3.20. The highest BCUT2D eigenvalue weighted by atomic mass is 79.9. The molecule has 0 saturated carbocycles. The van der Waals surface area contributed by atoms with Gasteiger partial charge in [0.2, 0.25) is 0 Å². The Labute approximate surface area is 166 Å². The second-order valence-electron chi connectivity index (χ2n) is 6.09. The predicted molar refractivity (Wildman–Crippen MR) is 111 cm³/mol. The minimum absolute atomic E-state index is 0.645. The Morgan fingerprint density at radius 2 is 2.15 bits per heavy atom. The molecule has 26 heavy (non-hydrogen) atoms. The van der Waals surface area contributed by atoms with Crippen molar-refractivity contribution in [1.29, 1.82) is 0 Å². The van der Waals surface area contributed by atoms with E-state index in [1.165, 1.54) is 5.56 Å². The molecule has 2 N–H and O–H groups in total. The normalized spacial score (nSPS) is 15.4. The van der Waals surface area contributed by atoms with E-state index in [-0.39, 0.29) is 0 Å². The Bertz CT molecular complexity index is 729. The molecule has 1 fully saturated rings. The van der Waals surface area contributed by atoms with Crippen molar-refractivity contribution < 1.29 is 4.74 Å². The molecule has 0 unspecified atom stereocenters. The van der Waals surface area contributed by atoms with Gasteiger partial charge >= 0.3 is 0 Å². The molecule has 0 aliphatic carbocycles. The van der Waals surface area contributed by atoms with Gasteiger partial charge in [-0.05, 0) is 30.5 Å². The van der Waals surface area contributed by atoms with E-state index < -0.39 is 0 Å². The largest absolute Gasteiger partial charge is 0.496 e. The van der Waals surface area contributed by atoms with E-state index >= 15 is 0 Å². The highest BCUT2D eigenvalue weighted by Gasteiger charge is 2.19. The molecule has 8 heteroatoms. The number of aliphatic imine (C=N–C) groups is 1. The molecule has 1 aromatic heterocycles. The second-order valence-corrected chi connectivity index (χ2v) is 7.88. The summed E-state index contributed by atoms with van der Waals surface area (Å²) in [6, 6.07) is 6.13. The van der Waals surface area contributed by atoms with E-state index in [9.17, 15) is 0 Å². The van der Waals surface area contributed by atoms with Gasteiger partial charge in [-0.2, -0.15) is 0 Å². The number of anilines is 1. The maximum Gasteiger partial charge on any atom is 0.191 e. The maximum atomic E-state index is 6.18. The number of aryl methyl sites for hydroxylation is 1. The predicted octanol–water partition coefficient (Wildman–Crippen LogP) is 2.98. The number of rotatable bonds is 6. The van der Waals surface area contributed by atoms with Crippen molar-refractivity contribution in [2.24, 2.45) is 10.7 Å². The number of hydrogen-bond donors (Lipinski definition) is 1. The van der Waals surface area contributed by atoms with Crippen molar-refractivity contribution in [3.63, 3.8) is 0 Å². The lowest BCUT2D eigenvalue weighted by atomic mass is 10.1. The van der Waals surface area contributed by atoms with Crippen LogP contribution in [0.3, 0.4) is 0 Å². The molecule has 0 spiro atoms. The van der Waals surface area contributed by atoms with E-state index in [1.54, 1.807) is 18.4 Å². The third-order valence-corrected chi connectivity index (χ3v) is 5.75. The van der Waals surface area contributed by atoms with Crippen LogP contribution in [0.1, 0.15) is 12.0 Å². The Hall–Kier alpha value is -1.80. The summed E-state index contributed by atoms with van der Waals surface area (Å²) < 4.78 is 6.46. The first-order valence-electron chi connectivity index (χ1n) is 8.69. The van der Waals surface area contributed by atoms with Crippen molar-refractivity contribution >= 4 is 38.4 Å². The van der Waals surface area contributed by atoms with Gasteiger partial charge in [0.25, 0.3) is 0 Å². The van der Waals surface area contributed by atoms with Crippen molar-refractivity contribution in [2.75, 3.05) is 44.7 Å². The fourth-order valence-corrected chi connectivity index (χ4v) is 4.02. The summed E-state index contributed by atoms with van der Waals surface area (Å²) in [6.45, 7) is 4.35. The van der Waals surface area contributed by atoms with Gasteiger partial charge in [0.15, 0.2) is 11.1 Å². The van der Waals surface area contributed by atoms with Gasteiger partial charge in [0.1, 0.15) is 5.75 Å². The third kappa shape index (κ3) is 4.88. The summed E-state index contributed by atoms with van der Waals surface area (Å²) in [4.78, 5) is 13.4. The first kappa shape index (κ1) is 19.0. The summed E-state index contributed by atoms with van der Waals surface area (Å²) in [5.74, 6) is 1.56. The zero-order chi connectivity index (χ0) is 18.4. The van der Waals surface area contributed by atoms with Crippen LogP contribution in [0, 0.1) is 0 Å². The van der Waals surface area contributed by atoms with Gasteiger partial charge in [0.05, 0.1) is 7.11 Å². The topological polar surface area (TPSA) is 67.0 Å². The van der Waals surface area contributed by atoms with Crippen LogP contribution >= 0.6 is 27.3 Å². The van der Waals surface area contributed by atoms with Crippen LogP contribution in [-0.4, -0.2) is 55.7 Å². The molecule has 140 valence electrons. The zero-order valence-corrected chi connectivity index (χ0v) is 17.3. The lowest BCUT2D eigenvalue weighted by molar-refractivity contribution is 0.380. The van der Waals surface area contributed by atoms with Crippen LogP contribution in [0.4, 0.5) is 5.13 Å². The molecule has 3 rings (SSSR count). The number of ether oxygens (including phenoxy) is 1. The standard InChI is InChI=1S/C18H24BrN5OS/c1-25-16-13-15(19)5-4-14(16)3-2-6-21-17(20)23-8-10-24(11-9-23)18-22-7-12-26-18/h4-5,7,12-13H,2-3,6,8-11H2,1H3,(H2,20,21). The molecule has 0 radical (unpaired) electrons. The smallest absolute Gasteiger partial charge is 0.191 e. The molecule has 1 saturated heterocycles. The van der Waals surface area contributed by atoms with Gasteiger partial charge in [-0.1, -0.05) is 22.0 Å². The van der Waals surface area contributed by atoms with Crippen LogP contribution in [0.5, 0.6) is 5.75 Å². The molecule has 1 aliphatic heterocycles. The van der Waals surface area contributed by atoms with Crippen molar-refractivity contribution in [1.82, 2.24) is 9.88 Å². The molecule has 0 amide bonds. The molecule has 1 aromatic carbocycles. The molecule has 2 heterocycles. The summed E-state index contributed by atoms with van der Waals surface area (Å²) >= 11 is 5.15. The number of methoxy groups -OCH3 is 1. The van der Waals surface area contributed by atoms with Crippen LogP contribution < -0.4 is 15.4 Å². The van der Waals surface area contributed by atoms with Crippen molar-refractivity contribution in [3.05, 3.63) is 39.8 Å². The lowest BCUT2D eigenvalue weighted by Gasteiger charge is -2.35. The number of nitrogens with zero attached hydrogens (tertiary/aromatic N) is 4. The Morgan fingerprint density at radius 1 is 1.35 bits per heavy atom. The number of hydrogen-bond acceptors (Lipinski definition) is 5. The first-order valence-corrected chi connectivity index (χ1v) is 10.4. The quantitative estimate of drug-likeness (QED) is 0.427. The van der Waals surface area contributed by atoms with Gasteiger partial charge in [-0.15, -0.1) is 11.3 Å². The Kier molecular flexibility index (Phi) is 6.73. The summed E-state index contributed by atoms with van der Waals surface area (Å²) in [7, 11) is 1.70. The van der Waals surface area contributed by atoms with Crippen LogP contribution in [0.15, 0.2) is 39.2 Å². The van der Waals surface area contributed by atoms with Crippen molar-refractivity contribution in [2.45, 2.75) is 12.8 Å². The average molecular weight is 438 g/mol. The van der Waals surface area contributed by atoms with Gasteiger partial charge in [-0.25, -0.2) is 4.98 Å². The fourth-order valence-electron chi connectivity index (χ4n) is 2.99. The monoisotopic (exact) mass is 437 g/mol. The molecular formula is C18H24BrN5OS. The molecular weight excluding hydrogens is 414 g/mol. The second kappa shape index (κ2) is 9.23. The number of thiazole rings is 1. The highest BCUT2D eigenvalue weighted by molar-refractivity contribution is 9.10. The van der Waals surface area contributed by atoms with E-state index in [1.807, 2.05) is 23.7 Å². The SMILES string of the molecule is COc1cc(Br)ccc1CCCN=C(N)N1CCN(c2nccs2)CC1. The van der Waals surface area contributed by atoms with E-state index in [2.05, 4.69) is 41.8 Å². The maximum absolute atomic E-state index is 6.18. The zero-order valence-electron chi connectivity index (χ0n) is 14.9. The van der Waals surface area contributed by atoms with E-state index in [0.29, 0.717) is 5.96 Å². The molecule has 0 atom stereocenters. The van der Waals surface area contributed by atoms with Gasteiger partial charge in [0, 0.05) is 48.8 Å². The Morgan fingerprint density at radius 3 is 2.85 bits per heavy atom. The summed E-state index contributed by atoms with van der Waals surface area (Å²) in [5.41, 5.74) is 7.38. The number of halogens is 1.